The van der Waals surface area contributed by atoms with Crippen LogP contribution in [0.15, 0.2) is 28.9 Å². The first-order valence-corrected chi connectivity index (χ1v) is 4.88. The Morgan fingerprint density at radius 2 is 1.82 bits per heavy atom. The molecule has 0 aliphatic heterocycles. The third kappa shape index (κ3) is 1.93. The van der Waals surface area contributed by atoms with Crippen LogP contribution in [0.3, 0.4) is 0 Å². The summed E-state index contributed by atoms with van der Waals surface area (Å²) in [5.74, 6) is -4.21. The van der Waals surface area contributed by atoms with E-state index in [1.807, 2.05) is 0 Å². The Hall–Kier alpha value is -1.75. The molecule has 0 amide bonds. The number of rotatable bonds is 2. The molecule has 0 saturated heterocycles. The molecule has 2 aromatic rings. The Labute approximate surface area is 95.3 Å². The SMILES string of the molecule is Cc1ccoc1C(O)c1ccc(F)c(F)c1F. The number of halogens is 3. The summed E-state index contributed by atoms with van der Waals surface area (Å²) in [5.41, 5.74) is 0.239. The number of benzene rings is 1. The molecule has 0 saturated carbocycles. The lowest BCUT2D eigenvalue weighted by molar-refractivity contribution is 0.182. The minimum absolute atomic E-state index is 0.106. The number of furan rings is 1. The summed E-state index contributed by atoms with van der Waals surface area (Å²) in [7, 11) is 0. The first kappa shape index (κ1) is 11.7. The fraction of sp³-hybridized carbons (Fsp3) is 0.167. The van der Waals surface area contributed by atoms with Gasteiger partial charge in [0.1, 0.15) is 11.9 Å². The summed E-state index contributed by atoms with van der Waals surface area (Å²) < 4.78 is 44.1. The second kappa shape index (κ2) is 4.25. The molecule has 0 aliphatic carbocycles. The van der Waals surface area contributed by atoms with E-state index in [9.17, 15) is 18.3 Å². The highest BCUT2D eigenvalue weighted by Crippen LogP contribution is 2.28. The predicted molar refractivity (Wildman–Crippen MR) is 53.8 cm³/mol. The Morgan fingerprint density at radius 3 is 2.41 bits per heavy atom. The molecule has 0 spiro atoms. The van der Waals surface area contributed by atoms with Crippen LogP contribution in [0.1, 0.15) is 23.0 Å². The van der Waals surface area contributed by atoms with Crippen molar-refractivity contribution in [3.8, 4) is 0 Å². The van der Waals surface area contributed by atoms with Crippen molar-refractivity contribution < 1.29 is 22.7 Å². The van der Waals surface area contributed by atoms with Crippen molar-refractivity contribution in [1.29, 1.82) is 0 Å². The maximum Gasteiger partial charge on any atom is 0.194 e. The van der Waals surface area contributed by atoms with Crippen LogP contribution >= 0.6 is 0 Å². The molecule has 1 aromatic heterocycles. The van der Waals surface area contributed by atoms with Crippen molar-refractivity contribution in [3.63, 3.8) is 0 Å². The average molecular weight is 242 g/mol. The number of aliphatic hydroxyl groups excluding tert-OH is 1. The lowest BCUT2D eigenvalue weighted by Crippen LogP contribution is -2.05. The van der Waals surface area contributed by atoms with Crippen molar-refractivity contribution in [2.75, 3.05) is 0 Å². The fourth-order valence-electron chi connectivity index (χ4n) is 1.56. The molecular formula is C12H9F3O2. The van der Waals surface area contributed by atoms with Crippen molar-refractivity contribution in [3.05, 3.63) is 58.8 Å². The lowest BCUT2D eigenvalue weighted by atomic mass is 10.0. The number of aryl methyl sites for hydroxylation is 1. The zero-order valence-corrected chi connectivity index (χ0v) is 8.88. The van der Waals surface area contributed by atoms with Crippen LogP contribution in [0.25, 0.3) is 0 Å². The van der Waals surface area contributed by atoms with E-state index in [1.165, 1.54) is 6.26 Å². The van der Waals surface area contributed by atoms with Gasteiger partial charge in [0.2, 0.25) is 0 Å². The molecule has 1 atom stereocenters. The first-order chi connectivity index (χ1) is 8.02. The Kier molecular flexibility index (Phi) is 2.93. The lowest BCUT2D eigenvalue weighted by Gasteiger charge is -2.11. The molecule has 2 nitrogen and oxygen atoms in total. The van der Waals surface area contributed by atoms with Gasteiger partial charge in [0.15, 0.2) is 17.5 Å². The summed E-state index contributed by atoms with van der Waals surface area (Å²) in [4.78, 5) is 0. The Bertz CT molecular complexity index is 549. The van der Waals surface area contributed by atoms with E-state index in [0.29, 0.717) is 5.56 Å². The maximum atomic E-state index is 13.4. The van der Waals surface area contributed by atoms with Crippen molar-refractivity contribution in [2.45, 2.75) is 13.0 Å². The molecule has 17 heavy (non-hydrogen) atoms. The molecule has 5 heteroatoms. The quantitative estimate of drug-likeness (QED) is 0.821. The van der Waals surface area contributed by atoms with Gasteiger partial charge in [0.25, 0.3) is 0 Å². The van der Waals surface area contributed by atoms with Crippen molar-refractivity contribution in [1.82, 2.24) is 0 Å². The van der Waals surface area contributed by atoms with Crippen LogP contribution in [-0.4, -0.2) is 5.11 Å². The normalized spacial score (nSPS) is 12.8. The largest absolute Gasteiger partial charge is 0.466 e. The van der Waals surface area contributed by atoms with Gasteiger partial charge in [0, 0.05) is 5.56 Å². The highest BCUT2D eigenvalue weighted by molar-refractivity contribution is 5.30. The minimum atomic E-state index is -1.61. The number of aliphatic hydroxyl groups is 1. The van der Waals surface area contributed by atoms with Gasteiger partial charge in [-0.25, -0.2) is 13.2 Å². The predicted octanol–water partition coefficient (Wildman–Crippen LogP) is 3.09. The van der Waals surface area contributed by atoms with Crippen LogP contribution < -0.4 is 0 Å². The highest BCUT2D eigenvalue weighted by Gasteiger charge is 2.23. The van der Waals surface area contributed by atoms with Crippen LogP contribution in [0.4, 0.5) is 13.2 Å². The van der Waals surface area contributed by atoms with Gasteiger partial charge in [-0.2, -0.15) is 0 Å². The molecule has 1 N–H and O–H groups in total. The van der Waals surface area contributed by atoms with Gasteiger partial charge in [-0.3, -0.25) is 0 Å². The molecule has 1 unspecified atom stereocenters. The standard InChI is InChI=1S/C12H9F3O2/c1-6-4-5-17-12(6)11(16)7-2-3-8(13)10(15)9(7)14/h2-5,11,16H,1H3. The monoisotopic (exact) mass is 242 g/mol. The molecule has 0 bridgehead atoms. The first-order valence-electron chi connectivity index (χ1n) is 4.88. The summed E-state index contributed by atoms with van der Waals surface area (Å²) in [6.45, 7) is 1.65. The van der Waals surface area contributed by atoms with Crippen LogP contribution in [0, 0.1) is 24.4 Å². The minimum Gasteiger partial charge on any atom is -0.466 e. The van der Waals surface area contributed by atoms with Crippen LogP contribution in [0.2, 0.25) is 0 Å². The maximum absolute atomic E-state index is 13.4. The molecule has 1 heterocycles. The van der Waals surface area contributed by atoms with Gasteiger partial charge in [0.05, 0.1) is 6.26 Å². The van der Waals surface area contributed by atoms with E-state index in [0.717, 1.165) is 12.1 Å². The second-order valence-corrected chi connectivity index (χ2v) is 3.63. The number of hydrogen-bond donors (Lipinski definition) is 1. The molecule has 2 rings (SSSR count). The summed E-state index contributed by atoms with van der Waals surface area (Å²) in [6.07, 6.45) is -0.133. The summed E-state index contributed by atoms with van der Waals surface area (Å²) in [6, 6.07) is 3.33. The zero-order valence-electron chi connectivity index (χ0n) is 8.88. The Balaban J connectivity index is 2.48. The van der Waals surface area contributed by atoms with E-state index in [4.69, 9.17) is 4.42 Å². The smallest absolute Gasteiger partial charge is 0.194 e. The van der Waals surface area contributed by atoms with Crippen molar-refractivity contribution >= 4 is 0 Å². The molecule has 0 fully saturated rings. The van der Waals surface area contributed by atoms with Crippen LogP contribution in [-0.2, 0) is 0 Å². The third-order valence-corrected chi connectivity index (χ3v) is 2.51. The molecular weight excluding hydrogens is 233 g/mol. The van der Waals surface area contributed by atoms with Crippen LogP contribution in [0.5, 0.6) is 0 Å². The Morgan fingerprint density at radius 1 is 1.12 bits per heavy atom. The molecule has 90 valence electrons. The van der Waals surface area contributed by atoms with Crippen molar-refractivity contribution in [2.24, 2.45) is 0 Å². The fourth-order valence-corrected chi connectivity index (χ4v) is 1.56. The van der Waals surface area contributed by atoms with Gasteiger partial charge in [-0.05, 0) is 30.7 Å². The number of hydrogen-bond acceptors (Lipinski definition) is 2. The third-order valence-electron chi connectivity index (χ3n) is 2.51. The molecule has 0 radical (unpaired) electrons. The topological polar surface area (TPSA) is 33.4 Å². The average Bonchev–Trinajstić information content (AvgIpc) is 2.72. The summed E-state index contributed by atoms with van der Waals surface area (Å²) in [5, 5.41) is 9.83. The zero-order chi connectivity index (χ0) is 12.6. The van der Waals surface area contributed by atoms with Gasteiger partial charge < -0.3 is 9.52 Å². The van der Waals surface area contributed by atoms with E-state index in [1.54, 1.807) is 13.0 Å². The van der Waals surface area contributed by atoms with Gasteiger partial charge >= 0.3 is 0 Å². The molecule has 0 aliphatic rings. The van der Waals surface area contributed by atoms with Gasteiger partial charge in [-0.1, -0.05) is 0 Å². The van der Waals surface area contributed by atoms with Gasteiger partial charge in [-0.15, -0.1) is 0 Å². The summed E-state index contributed by atoms with van der Waals surface area (Å²) >= 11 is 0. The molecule has 1 aromatic carbocycles. The highest BCUT2D eigenvalue weighted by atomic mass is 19.2. The van der Waals surface area contributed by atoms with E-state index in [2.05, 4.69) is 0 Å². The van der Waals surface area contributed by atoms with E-state index >= 15 is 0 Å². The van der Waals surface area contributed by atoms with E-state index < -0.39 is 23.6 Å². The van der Waals surface area contributed by atoms with E-state index in [-0.39, 0.29) is 11.3 Å². The second-order valence-electron chi connectivity index (χ2n) is 3.63.